The minimum absolute atomic E-state index is 0.172. The molecular formula is C17H27N5O3. The number of aromatic nitrogens is 2. The largest absolute Gasteiger partial charge is 0.396 e. The highest BCUT2D eigenvalue weighted by Crippen LogP contribution is 2.31. The van der Waals surface area contributed by atoms with Crippen molar-refractivity contribution in [2.75, 3.05) is 30.5 Å². The van der Waals surface area contributed by atoms with Gasteiger partial charge in [0.15, 0.2) is 0 Å². The molecule has 2 fully saturated rings. The Morgan fingerprint density at radius 3 is 2.80 bits per heavy atom. The number of carbonyl (C=O) groups excluding carboxylic acids is 1. The molecular weight excluding hydrogens is 322 g/mol. The maximum atomic E-state index is 11.7. The van der Waals surface area contributed by atoms with Gasteiger partial charge in [-0.3, -0.25) is 4.79 Å². The standard InChI is InChI=1S/C17H27N5O3/c18-15(24)13-10-19-17(20-12-5-8-25-9-6-12)22-16(13)21-14-3-1-2-11(14)4-7-23/h10-12,14,23H,1-9H2,(H2,18,24)(H2,19,20,21,22)/t11-,14+/m0/s1. The molecule has 5 N–H and O–H groups in total. The molecule has 1 aliphatic carbocycles. The first-order valence-corrected chi connectivity index (χ1v) is 9.06. The Morgan fingerprint density at radius 2 is 2.08 bits per heavy atom. The van der Waals surface area contributed by atoms with Crippen molar-refractivity contribution >= 4 is 17.7 Å². The Balaban J connectivity index is 1.75. The van der Waals surface area contributed by atoms with Gasteiger partial charge in [-0.25, -0.2) is 4.98 Å². The Labute approximate surface area is 147 Å². The molecule has 25 heavy (non-hydrogen) atoms. The van der Waals surface area contributed by atoms with Crippen molar-refractivity contribution in [3.8, 4) is 0 Å². The van der Waals surface area contributed by atoms with Crippen LogP contribution in [0.4, 0.5) is 11.8 Å². The number of aliphatic hydroxyl groups excluding tert-OH is 1. The zero-order valence-corrected chi connectivity index (χ0v) is 14.4. The number of rotatable bonds is 7. The minimum atomic E-state index is -0.545. The van der Waals surface area contributed by atoms with Crippen molar-refractivity contribution in [1.29, 1.82) is 0 Å². The van der Waals surface area contributed by atoms with Gasteiger partial charge < -0.3 is 26.2 Å². The first-order valence-electron chi connectivity index (χ1n) is 9.06. The van der Waals surface area contributed by atoms with Gasteiger partial charge in [-0.2, -0.15) is 4.98 Å². The smallest absolute Gasteiger partial charge is 0.254 e. The quantitative estimate of drug-likeness (QED) is 0.582. The van der Waals surface area contributed by atoms with Crippen LogP contribution in [0.5, 0.6) is 0 Å². The van der Waals surface area contributed by atoms with Gasteiger partial charge in [0.2, 0.25) is 5.95 Å². The van der Waals surface area contributed by atoms with E-state index in [0.717, 1.165) is 51.7 Å². The van der Waals surface area contributed by atoms with Crippen LogP contribution in [0.1, 0.15) is 48.9 Å². The van der Waals surface area contributed by atoms with E-state index in [-0.39, 0.29) is 18.7 Å². The summed E-state index contributed by atoms with van der Waals surface area (Å²) in [6, 6.07) is 0.464. The molecule has 2 atom stereocenters. The van der Waals surface area contributed by atoms with Gasteiger partial charge in [-0.15, -0.1) is 0 Å². The van der Waals surface area contributed by atoms with Crippen LogP contribution in [-0.4, -0.2) is 52.9 Å². The molecule has 3 rings (SSSR count). The summed E-state index contributed by atoms with van der Waals surface area (Å²) in [6.45, 7) is 1.63. The van der Waals surface area contributed by atoms with Crippen molar-refractivity contribution in [3.63, 3.8) is 0 Å². The van der Waals surface area contributed by atoms with Crippen LogP contribution >= 0.6 is 0 Å². The van der Waals surface area contributed by atoms with Gasteiger partial charge >= 0.3 is 0 Å². The zero-order chi connectivity index (χ0) is 17.6. The molecule has 138 valence electrons. The summed E-state index contributed by atoms with van der Waals surface area (Å²) in [4.78, 5) is 20.5. The SMILES string of the molecule is NC(=O)c1cnc(NC2CCOCC2)nc1N[C@@H]1CCC[C@H]1CCO. The summed E-state index contributed by atoms with van der Waals surface area (Å²) in [5, 5.41) is 15.9. The number of nitrogens with zero attached hydrogens (tertiary/aromatic N) is 2. The first kappa shape index (κ1) is 17.9. The van der Waals surface area contributed by atoms with E-state index in [9.17, 15) is 9.90 Å². The Kier molecular flexibility index (Phi) is 6.04. The number of amides is 1. The second-order valence-corrected chi connectivity index (χ2v) is 6.81. The lowest BCUT2D eigenvalue weighted by Gasteiger charge is -2.24. The molecule has 2 aliphatic rings. The summed E-state index contributed by atoms with van der Waals surface area (Å²) in [7, 11) is 0. The molecule has 1 saturated carbocycles. The molecule has 1 amide bonds. The Bertz CT molecular complexity index is 592. The fourth-order valence-electron chi connectivity index (χ4n) is 3.68. The van der Waals surface area contributed by atoms with Crippen molar-refractivity contribution in [1.82, 2.24) is 9.97 Å². The second-order valence-electron chi connectivity index (χ2n) is 6.81. The third kappa shape index (κ3) is 4.58. The van der Waals surface area contributed by atoms with Gasteiger partial charge in [0, 0.05) is 38.1 Å². The number of nitrogens with one attached hydrogen (secondary N) is 2. The molecule has 0 radical (unpaired) electrons. The summed E-state index contributed by atoms with van der Waals surface area (Å²) < 4.78 is 5.36. The normalized spacial score (nSPS) is 24.2. The van der Waals surface area contributed by atoms with Crippen molar-refractivity contribution < 1.29 is 14.6 Å². The molecule has 1 aromatic heterocycles. The summed E-state index contributed by atoms with van der Waals surface area (Å²) in [5.41, 5.74) is 5.78. The molecule has 0 spiro atoms. The number of nitrogens with two attached hydrogens (primary N) is 1. The summed E-state index contributed by atoms with van der Waals surface area (Å²) >= 11 is 0. The third-order valence-corrected chi connectivity index (χ3v) is 5.09. The predicted molar refractivity (Wildman–Crippen MR) is 94.5 cm³/mol. The highest BCUT2D eigenvalue weighted by atomic mass is 16.5. The van der Waals surface area contributed by atoms with E-state index in [1.54, 1.807) is 0 Å². The van der Waals surface area contributed by atoms with Crippen molar-refractivity contribution in [2.45, 2.75) is 50.6 Å². The molecule has 0 aromatic carbocycles. The van der Waals surface area contributed by atoms with E-state index in [2.05, 4.69) is 20.6 Å². The lowest BCUT2D eigenvalue weighted by molar-refractivity contribution is 0.0903. The molecule has 8 nitrogen and oxygen atoms in total. The predicted octanol–water partition coefficient (Wildman–Crippen LogP) is 1.13. The van der Waals surface area contributed by atoms with E-state index >= 15 is 0 Å². The summed E-state index contributed by atoms with van der Waals surface area (Å²) in [5.74, 6) is 0.812. The van der Waals surface area contributed by atoms with E-state index in [1.807, 2.05) is 0 Å². The Hall–Kier alpha value is -1.93. The average Bonchev–Trinajstić information content (AvgIpc) is 3.03. The third-order valence-electron chi connectivity index (χ3n) is 5.09. The maximum Gasteiger partial charge on any atom is 0.254 e. The van der Waals surface area contributed by atoms with Gasteiger partial charge in [-0.05, 0) is 38.0 Å². The van der Waals surface area contributed by atoms with Gasteiger partial charge in [0.1, 0.15) is 5.82 Å². The topological polar surface area (TPSA) is 122 Å². The van der Waals surface area contributed by atoms with Crippen LogP contribution in [0, 0.1) is 5.92 Å². The van der Waals surface area contributed by atoms with E-state index < -0.39 is 5.91 Å². The monoisotopic (exact) mass is 349 g/mol. The van der Waals surface area contributed by atoms with Crippen molar-refractivity contribution in [2.24, 2.45) is 11.7 Å². The number of ether oxygens (including phenoxy) is 1. The average molecular weight is 349 g/mol. The number of hydrogen-bond acceptors (Lipinski definition) is 7. The van der Waals surface area contributed by atoms with Crippen LogP contribution in [0.3, 0.4) is 0 Å². The van der Waals surface area contributed by atoms with E-state index in [0.29, 0.717) is 23.2 Å². The lowest BCUT2D eigenvalue weighted by Crippen LogP contribution is -2.30. The zero-order valence-electron chi connectivity index (χ0n) is 14.4. The van der Waals surface area contributed by atoms with Gasteiger partial charge in [0.25, 0.3) is 5.91 Å². The number of primary amides is 1. The minimum Gasteiger partial charge on any atom is -0.396 e. The van der Waals surface area contributed by atoms with Crippen LogP contribution < -0.4 is 16.4 Å². The number of anilines is 2. The number of aliphatic hydroxyl groups is 1. The van der Waals surface area contributed by atoms with Crippen LogP contribution in [0.15, 0.2) is 6.20 Å². The molecule has 1 aliphatic heterocycles. The van der Waals surface area contributed by atoms with Crippen LogP contribution in [0.25, 0.3) is 0 Å². The fraction of sp³-hybridized carbons (Fsp3) is 0.706. The van der Waals surface area contributed by atoms with Gasteiger partial charge in [-0.1, -0.05) is 6.42 Å². The van der Waals surface area contributed by atoms with Gasteiger partial charge in [0.05, 0.1) is 5.56 Å². The summed E-state index contributed by atoms with van der Waals surface area (Å²) in [6.07, 6.45) is 7.22. The van der Waals surface area contributed by atoms with E-state index in [4.69, 9.17) is 10.5 Å². The molecule has 8 heteroatoms. The number of hydrogen-bond donors (Lipinski definition) is 4. The van der Waals surface area contributed by atoms with Crippen LogP contribution in [0.2, 0.25) is 0 Å². The molecule has 1 saturated heterocycles. The molecule has 0 bridgehead atoms. The second kappa shape index (κ2) is 8.44. The molecule has 1 aromatic rings. The molecule has 0 unspecified atom stereocenters. The molecule has 2 heterocycles. The highest BCUT2D eigenvalue weighted by Gasteiger charge is 2.28. The lowest BCUT2D eigenvalue weighted by atomic mass is 10.00. The Morgan fingerprint density at radius 1 is 1.28 bits per heavy atom. The van der Waals surface area contributed by atoms with Crippen molar-refractivity contribution in [3.05, 3.63) is 11.8 Å². The highest BCUT2D eigenvalue weighted by molar-refractivity contribution is 5.97. The van der Waals surface area contributed by atoms with E-state index in [1.165, 1.54) is 6.20 Å². The fourth-order valence-corrected chi connectivity index (χ4v) is 3.68. The van der Waals surface area contributed by atoms with Crippen LogP contribution in [-0.2, 0) is 4.74 Å². The maximum absolute atomic E-state index is 11.7. The first-order chi connectivity index (χ1) is 12.2. The number of carbonyl (C=O) groups is 1.